The molecule has 1 saturated carbocycles. The van der Waals surface area contributed by atoms with Gasteiger partial charge in [-0.05, 0) is 45.4 Å². The van der Waals surface area contributed by atoms with Gasteiger partial charge in [0.2, 0.25) is 0 Å². The number of hydrazine groups is 1. The van der Waals surface area contributed by atoms with E-state index in [1.807, 2.05) is 0 Å². The van der Waals surface area contributed by atoms with E-state index in [9.17, 15) is 0 Å². The van der Waals surface area contributed by atoms with Gasteiger partial charge in [0.25, 0.3) is 0 Å². The van der Waals surface area contributed by atoms with Crippen molar-refractivity contribution in [3.63, 3.8) is 0 Å². The number of nitrogens with one attached hydrogen (secondary N) is 1. The minimum atomic E-state index is 0.726. The summed E-state index contributed by atoms with van der Waals surface area (Å²) in [4.78, 5) is 0. The minimum absolute atomic E-state index is 0.726. The van der Waals surface area contributed by atoms with Crippen LogP contribution >= 0.6 is 0 Å². The fourth-order valence-electron chi connectivity index (χ4n) is 3.54. The van der Waals surface area contributed by atoms with E-state index >= 15 is 0 Å². The van der Waals surface area contributed by atoms with Crippen molar-refractivity contribution in [1.82, 2.24) is 10.4 Å². The van der Waals surface area contributed by atoms with Crippen LogP contribution in [0.15, 0.2) is 0 Å². The zero-order valence-corrected chi connectivity index (χ0v) is 11.8. The van der Waals surface area contributed by atoms with Crippen LogP contribution < -0.4 is 5.43 Å². The van der Waals surface area contributed by atoms with Gasteiger partial charge < -0.3 is 0 Å². The van der Waals surface area contributed by atoms with E-state index in [0.29, 0.717) is 0 Å². The largest absolute Gasteiger partial charge is 0.254 e. The number of nitrogens with zero attached hydrogens (tertiary/aromatic N) is 1. The molecule has 1 saturated heterocycles. The first-order chi connectivity index (χ1) is 8.27. The predicted molar refractivity (Wildman–Crippen MR) is 73.8 cm³/mol. The van der Waals surface area contributed by atoms with Crippen LogP contribution in [0.25, 0.3) is 0 Å². The van der Waals surface area contributed by atoms with Gasteiger partial charge in [-0.25, -0.2) is 5.01 Å². The third-order valence-corrected chi connectivity index (χ3v) is 4.73. The first-order valence-corrected chi connectivity index (χ1v) is 7.79. The third-order valence-electron chi connectivity index (χ3n) is 4.73. The Morgan fingerprint density at radius 2 is 1.41 bits per heavy atom. The van der Waals surface area contributed by atoms with E-state index in [2.05, 4.69) is 24.3 Å². The number of rotatable bonds is 3. The predicted octanol–water partition coefficient (Wildman–Crippen LogP) is 3.72. The lowest BCUT2D eigenvalue weighted by Crippen LogP contribution is -2.53. The van der Waals surface area contributed by atoms with Crippen LogP contribution in [0.2, 0.25) is 0 Å². The van der Waals surface area contributed by atoms with Crippen molar-refractivity contribution in [1.29, 1.82) is 0 Å². The highest BCUT2D eigenvalue weighted by atomic mass is 15.5. The first-order valence-electron chi connectivity index (χ1n) is 7.79. The molecule has 2 aliphatic rings. The summed E-state index contributed by atoms with van der Waals surface area (Å²) in [5, 5.41) is 2.54. The summed E-state index contributed by atoms with van der Waals surface area (Å²) >= 11 is 0. The SMILES string of the molecule is CC1CCCC(C)N1NCC1CCCCCC1. The van der Waals surface area contributed by atoms with E-state index in [4.69, 9.17) is 0 Å². The summed E-state index contributed by atoms with van der Waals surface area (Å²) in [6, 6.07) is 1.45. The molecule has 0 spiro atoms. The molecular formula is C15H30N2. The highest BCUT2D eigenvalue weighted by Crippen LogP contribution is 2.24. The van der Waals surface area contributed by atoms with Gasteiger partial charge in [-0.15, -0.1) is 0 Å². The molecule has 17 heavy (non-hydrogen) atoms. The lowest BCUT2D eigenvalue weighted by Gasteiger charge is -2.40. The normalized spacial score (nSPS) is 33.5. The standard InChI is InChI=1S/C15H30N2/c1-13-8-7-9-14(2)17(13)16-12-15-10-5-3-4-6-11-15/h13-16H,3-12H2,1-2H3. The molecule has 0 bridgehead atoms. The van der Waals surface area contributed by atoms with Crippen LogP contribution in [0.5, 0.6) is 0 Å². The van der Waals surface area contributed by atoms with Crippen molar-refractivity contribution in [3.05, 3.63) is 0 Å². The van der Waals surface area contributed by atoms with E-state index < -0.39 is 0 Å². The molecule has 1 N–H and O–H groups in total. The van der Waals surface area contributed by atoms with E-state index in [1.165, 1.54) is 64.3 Å². The Morgan fingerprint density at radius 1 is 0.824 bits per heavy atom. The maximum atomic E-state index is 3.75. The molecule has 0 aromatic heterocycles. The molecule has 2 atom stereocenters. The fourth-order valence-corrected chi connectivity index (χ4v) is 3.54. The zero-order chi connectivity index (χ0) is 12.1. The molecule has 1 aliphatic carbocycles. The Kier molecular flexibility index (Phi) is 5.30. The van der Waals surface area contributed by atoms with Crippen molar-refractivity contribution in [2.75, 3.05) is 6.54 Å². The Morgan fingerprint density at radius 3 is 2.00 bits per heavy atom. The zero-order valence-electron chi connectivity index (χ0n) is 11.8. The molecule has 2 fully saturated rings. The summed E-state index contributed by atoms with van der Waals surface area (Å²) in [6.45, 7) is 5.96. The van der Waals surface area contributed by atoms with Crippen molar-refractivity contribution in [2.45, 2.75) is 83.7 Å². The van der Waals surface area contributed by atoms with E-state index in [0.717, 1.165) is 18.0 Å². The Balaban J connectivity index is 1.75. The first kappa shape index (κ1) is 13.4. The van der Waals surface area contributed by atoms with Gasteiger partial charge in [-0.2, -0.15) is 0 Å². The maximum absolute atomic E-state index is 3.75. The number of piperidine rings is 1. The summed E-state index contributed by atoms with van der Waals surface area (Å²) in [5.74, 6) is 0.929. The van der Waals surface area contributed by atoms with Gasteiger partial charge in [0.15, 0.2) is 0 Å². The molecule has 1 heterocycles. The molecule has 2 rings (SSSR count). The molecule has 100 valence electrons. The number of hydrogen-bond donors (Lipinski definition) is 1. The minimum Gasteiger partial charge on any atom is -0.254 e. The molecule has 1 aliphatic heterocycles. The second-order valence-corrected chi connectivity index (χ2v) is 6.26. The molecule has 2 nitrogen and oxygen atoms in total. The summed E-state index contributed by atoms with van der Waals surface area (Å²) in [7, 11) is 0. The molecule has 0 aromatic carbocycles. The third kappa shape index (κ3) is 3.96. The van der Waals surface area contributed by atoms with Crippen molar-refractivity contribution < 1.29 is 0 Å². The van der Waals surface area contributed by atoms with Gasteiger partial charge in [0.05, 0.1) is 0 Å². The van der Waals surface area contributed by atoms with Crippen molar-refractivity contribution in [2.24, 2.45) is 5.92 Å². The molecular weight excluding hydrogens is 208 g/mol. The van der Waals surface area contributed by atoms with Gasteiger partial charge in [-0.3, -0.25) is 5.43 Å². The molecule has 0 aromatic rings. The molecule has 0 amide bonds. The van der Waals surface area contributed by atoms with Gasteiger partial charge in [0.1, 0.15) is 0 Å². The van der Waals surface area contributed by atoms with Crippen LogP contribution in [0, 0.1) is 5.92 Å². The maximum Gasteiger partial charge on any atom is 0.0218 e. The smallest absolute Gasteiger partial charge is 0.0218 e. The monoisotopic (exact) mass is 238 g/mol. The summed E-state index contributed by atoms with van der Waals surface area (Å²) < 4.78 is 0. The fraction of sp³-hybridized carbons (Fsp3) is 1.00. The van der Waals surface area contributed by atoms with E-state index in [1.54, 1.807) is 0 Å². The molecule has 2 unspecified atom stereocenters. The average molecular weight is 238 g/mol. The van der Waals surface area contributed by atoms with E-state index in [-0.39, 0.29) is 0 Å². The quantitative estimate of drug-likeness (QED) is 0.754. The van der Waals surface area contributed by atoms with Crippen molar-refractivity contribution >= 4 is 0 Å². The summed E-state index contributed by atoms with van der Waals surface area (Å²) in [6.07, 6.45) is 12.9. The average Bonchev–Trinajstić information content (AvgIpc) is 2.57. The van der Waals surface area contributed by atoms with Crippen LogP contribution in [-0.2, 0) is 0 Å². The lowest BCUT2D eigenvalue weighted by molar-refractivity contribution is 0.0395. The van der Waals surface area contributed by atoms with Crippen LogP contribution in [-0.4, -0.2) is 23.6 Å². The topological polar surface area (TPSA) is 15.3 Å². The second-order valence-electron chi connectivity index (χ2n) is 6.26. The second kappa shape index (κ2) is 6.75. The van der Waals surface area contributed by atoms with Gasteiger partial charge >= 0.3 is 0 Å². The molecule has 2 heteroatoms. The Bertz CT molecular complexity index is 199. The Hall–Kier alpha value is -0.0800. The highest BCUT2D eigenvalue weighted by Gasteiger charge is 2.25. The van der Waals surface area contributed by atoms with Gasteiger partial charge in [-0.1, -0.05) is 32.1 Å². The molecule has 0 radical (unpaired) electrons. The lowest BCUT2D eigenvalue weighted by atomic mass is 9.98. The highest BCUT2D eigenvalue weighted by molar-refractivity contribution is 4.77. The van der Waals surface area contributed by atoms with Crippen LogP contribution in [0.1, 0.15) is 71.6 Å². The van der Waals surface area contributed by atoms with Gasteiger partial charge in [0, 0.05) is 18.6 Å². The Labute approximate surface area is 107 Å². The van der Waals surface area contributed by atoms with Crippen molar-refractivity contribution in [3.8, 4) is 0 Å². The number of hydrogen-bond acceptors (Lipinski definition) is 2. The summed E-state index contributed by atoms with van der Waals surface area (Å²) in [5.41, 5.74) is 3.75. The van der Waals surface area contributed by atoms with Crippen LogP contribution in [0.4, 0.5) is 0 Å². The van der Waals surface area contributed by atoms with Crippen LogP contribution in [0.3, 0.4) is 0 Å².